The number of ether oxygens (including phenoxy) is 1. The molecule has 0 atom stereocenters. The van der Waals surface area contributed by atoms with Gasteiger partial charge in [0.1, 0.15) is 24.0 Å². The fraction of sp³-hybridized carbons (Fsp3) is 0.237. The van der Waals surface area contributed by atoms with Crippen molar-refractivity contribution in [3.05, 3.63) is 119 Å². The number of rotatable bonds is 13. The van der Waals surface area contributed by atoms with Crippen LogP contribution in [0, 0.1) is 24.1 Å². The molecule has 49 heavy (non-hydrogen) atoms. The summed E-state index contributed by atoms with van der Waals surface area (Å²) in [4.78, 5) is 18.7. The van der Waals surface area contributed by atoms with Crippen LogP contribution >= 0.6 is 0 Å². The lowest BCUT2D eigenvalue weighted by Gasteiger charge is -2.30. The lowest BCUT2D eigenvalue weighted by Crippen LogP contribution is -2.33. The van der Waals surface area contributed by atoms with Gasteiger partial charge in [0.05, 0.1) is 35.0 Å². The summed E-state index contributed by atoms with van der Waals surface area (Å²) in [5, 5.41) is 26.0. The molecule has 2 aromatic carbocycles. The zero-order valence-electron chi connectivity index (χ0n) is 27.4. The highest BCUT2D eigenvalue weighted by Gasteiger charge is 2.20. The highest BCUT2D eigenvalue weighted by atomic mass is 19.1. The lowest BCUT2D eigenvalue weighted by molar-refractivity contribution is 0.175. The van der Waals surface area contributed by atoms with Gasteiger partial charge in [0, 0.05) is 34.0 Å². The molecular formula is C38H39FN8O2. The molecule has 250 valence electrons. The number of aryl methyl sites for hydroxylation is 1. The van der Waals surface area contributed by atoms with Gasteiger partial charge in [-0.15, -0.1) is 0 Å². The number of fused-ring (bicyclic) bond motifs is 2. The third-order valence-corrected chi connectivity index (χ3v) is 8.76. The van der Waals surface area contributed by atoms with Crippen LogP contribution in [0.2, 0.25) is 0 Å². The highest BCUT2D eigenvalue weighted by molar-refractivity contribution is 5.86. The first-order chi connectivity index (χ1) is 23.9. The molecule has 5 aromatic rings. The predicted octanol–water partition coefficient (Wildman–Crippen LogP) is 7.92. The van der Waals surface area contributed by atoms with Gasteiger partial charge in [-0.3, -0.25) is 15.0 Å². The molecule has 1 saturated heterocycles. The summed E-state index contributed by atoms with van der Waals surface area (Å²) in [6.45, 7) is 8.22. The summed E-state index contributed by atoms with van der Waals surface area (Å²) in [6.07, 6.45) is 16.3. The average Bonchev–Trinajstić information content (AvgIpc) is 3.69. The average molecular weight is 659 g/mol. The molecule has 10 nitrogen and oxygen atoms in total. The Kier molecular flexibility index (Phi) is 10.5. The Morgan fingerprint density at radius 2 is 2.02 bits per heavy atom. The fourth-order valence-electron chi connectivity index (χ4n) is 6.05. The second-order valence-corrected chi connectivity index (χ2v) is 12.1. The number of nitrogens with one attached hydrogen (secondary N) is 3. The SMILES string of the molecule is C=N/C(=C\C=C/CC1CCN(Cc2nc3ccc(/C(O)=C\c4c(/C=C\C=N)n[nH]c4C)cc3[nH]2)CC1)OCc1c(F)cnc2ccccc12. The zero-order valence-corrected chi connectivity index (χ0v) is 27.4. The molecule has 4 heterocycles. The number of H-pyrrole nitrogens is 2. The van der Waals surface area contributed by atoms with Gasteiger partial charge in [-0.05, 0) is 100 Å². The van der Waals surface area contributed by atoms with Crippen molar-refractivity contribution in [1.82, 2.24) is 30.0 Å². The van der Waals surface area contributed by atoms with Crippen LogP contribution in [-0.2, 0) is 17.9 Å². The monoisotopic (exact) mass is 658 g/mol. The van der Waals surface area contributed by atoms with Gasteiger partial charge in [-0.25, -0.2) is 14.4 Å². The number of pyridine rings is 1. The van der Waals surface area contributed by atoms with Crippen LogP contribution in [0.3, 0.4) is 0 Å². The van der Waals surface area contributed by atoms with E-state index in [9.17, 15) is 9.50 Å². The molecule has 11 heteroatoms. The number of aliphatic hydroxyl groups excluding tert-OH is 1. The third-order valence-electron chi connectivity index (χ3n) is 8.76. The van der Waals surface area contributed by atoms with Crippen LogP contribution in [0.4, 0.5) is 4.39 Å². The number of hydrogen-bond acceptors (Lipinski definition) is 8. The molecule has 0 unspecified atom stereocenters. The maximum atomic E-state index is 14.5. The smallest absolute Gasteiger partial charge is 0.212 e. The van der Waals surface area contributed by atoms with Crippen molar-refractivity contribution < 1.29 is 14.2 Å². The minimum absolute atomic E-state index is 0.0377. The number of aromatic amines is 2. The topological polar surface area (TPSA) is 139 Å². The number of aliphatic hydroxyl groups is 1. The molecule has 3 aromatic heterocycles. The van der Waals surface area contributed by atoms with E-state index in [1.165, 1.54) is 12.4 Å². The predicted molar refractivity (Wildman–Crippen MR) is 194 cm³/mol. The number of hydrogen-bond donors (Lipinski definition) is 4. The quantitative estimate of drug-likeness (QED) is 0.0576. The van der Waals surface area contributed by atoms with Gasteiger partial charge in [0.15, 0.2) is 0 Å². The van der Waals surface area contributed by atoms with Gasteiger partial charge in [-0.2, -0.15) is 5.10 Å². The molecule has 1 aliphatic rings. The molecule has 0 bridgehead atoms. The molecular weight excluding hydrogens is 619 g/mol. The van der Waals surface area contributed by atoms with Crippen molar-refractivity contribution in [1.29, 1.82) is 5.41 Å². The van der Waals surface area contributed by atoms with Crippen molar-refractivity contribution in [3.8, 4) is 0 Å². The zero-order chi connectivity index (χ0) is 34.2. The van der Waals surface area contributed by atoms with E-state index >= 15 is 0 Å². The van der Waals surface area contributed by atoms with Gasteiger partial charge < -0.3 is 20.2 Å². The summed E-state index contributed by atoms with van der Waals surface area (Å²) in [5.74, 6) is 1.52. The van der Waals surface area contributed by atoms with E-state index in [1.807, 2.05) is 55.5 Å². The van der Waals surface area contributed by atoms with Crippen LogP contribution < -0.4 is 0 Å². The van der Waals surface area contributed by atoms with Crippen LogP contribution in [0.5, 0.6) is 0 Å². The lowest BCUT2D eigenvalue weighted by atomic mass is 9.93. The third kappa shape index (κ3) is 8.07. The van der Waals surface area contributed by atoms with Crippen molar-refractivity contribution in [2.45, 2.75) is 39.3 Å². The van der Waals surface area contributed by atoms with Crippen LogP contribution in [0.1, 0.15) is 53.2 Å². The van der Waals surface area contributed by atoms with Crippen LogP contribution in [-0.4, -0.2) is 61.2 Å². The van der Waals surface area contributed by atoms with Gasteiger partial charge in [0.25, 0.3) is 0 Å². The largest absolute Gasteiger partial charge is 0.507 e. The summed E-state index contributed by atoms with van der Waals surface area (Å²) >= 11 is 0. The number of aliphatic imine (C=N–C) groups is 1. The number of benzene rings is 2. The second kappa shape index (κ2) is 15.5. The molecule has 4 N–H and O–H groups in total. The molecule has 6 rings (SSSR count). The van der Waals surface area contributed by atoms with E-state index in [0.29, 0.717) is 34.1 Å². The standard InChI is InChI=1S/C38H39FN8O2/c1-25-29(33(46-45-25)11-7-17-40)21-36(48)27-13-14-34-35(20-27)44-37(43-34)23-47-18-15-26(16-19-47)8-3-6-12-38(41-2)49-24-30-28-9-4-5-10-32(28)42-22-31(30)39/h3-7,9-14,17,20-22,26,40,48H,2,8,15-16,18-19,23-24H2,1H3,(H,43,44)(H,45,46)/b6-3-,11-7-,36-21+,38-12+,40-17?. The minimum Gasteiger partial charge on any atom is -0.507 e. The van der Waals surface area contributed by atoms with Crippen molar-refractivity contribution in [2.24, 2.45) is 10.9 Å². The Labute approximate surface area is 284 Å². The molecule has 0 saturated carbocycles. The Hall–Kier alpha value is -5.68. The van der Waals surface area contributed by atoms with Gasteiger partial charge in [0.2, 0.25) is 5.88 Å². The van der Waals surface area contributed by atoms with E-state index in [2.05, 4.69) is 42.9 Å². The molecule has 0 aliphatic carbocycles. The molecule has 1 aliphatic heterocycles. The Bertz CT molecular complexity index is 2080. The van der Waals surface area contributed by atoms with Crippen LogP contribution in [0.25, 0.3) is 39.8 Å². The number of halogens is 1. The Balaban J connectivity index is 0.994. The molecule has 0 spiro atoms. The second-order valence-electron chi connectivity index (χ2n) is 12.1. The summed E-state index contributed by atoms with van der Waals surface area (Å²) in [6, 6.07) is 13.1. The number of nitrogens with zero attached hydrogens (tertiary/aromatic N) is 5. The normalized spacial score (nSPS) is 15.2. The number of likely N-dealkylation sites (tertiary alicyclic amines) is 1. The number of imidazole rings is 1. The van der Waals surface area contributed by atoms with E-state index in [0.717, 1.165) is 72.4 Å². The highest BCUT2D eigenvalue weighted by Crippen LogP contribution is 2.26. The molecule has 1 fully saturated rings. The number of piperidine rings is 1. The summed E-state index contributed by atoms with van der Waals surface area (Å²) < 4.78 is 20.3. The van der Waals surface area contributed by atoms with Crippen molar-refractivity contribution in [2.75, 3.05) is 13.1 Å². The minimum atomic E-state index is -0.410. The van der Waals surface area contributed by atoms with Crippen molar-refractivity contribution >= 4 is 52.8 Å². The van der Waals surface area contributed by atoms with Gasteiger partial charge in [-0.1, -0.05) is 30.4 Å². The first-order valence-corrected chi connectivity index (χ1v) is 16.2. The molecule has 0 amide bonds. The molecule has 0 radical (unpaired) electrons. The Morgan fingerprint density at radius 1 is 1.18 bits per heavy atom. The summed E-state index contributed by atoms with van der Waals surface area (Å²) in [5.41, 5.74) is 5.80. The van der Waals surface area contributed by atoms with Crippen LogP contribution in [0.15, 0.2) is 83.8 Å². The van der Waals surface area contributed by atoms with E-state index in [-0.39, 0.29) is 12.4 Å². The number of allylic oxidation sites excluding steroid dienone is 4. The first kappa shape index (κ1) is 33.2. The maximum Gasteiger partial charge on any atom is 0.212 e. The van der Waals surface area contributed by atoms with E-state index < -0.39 is 5.82 Å². The van der Waals surface area contributed by atoms with Crippen molar-refractivity contribution in [3.63, 3.8) is 0 Å². The van der Waals surface area contributed by atoms with E-state index in [4.69, 9.17) is 15.1 Å². The first-order valence-electron chi connectivity index (χ1n) is 16.2. The van der Waals surface area contributed by atoms with Gasteiger partial charge >= 0.3 is 0 Å². The fourth-order valence-corrected chi connectivity index (χ4v) is 6.05. The number of aromatic nitrogens is 5. The Morgan fingerprint density at radius 3 is 2.84 bits per heavy atom. The van der Waals surface area contributed by atoms with E-state index in [1.54, 1.807) is 24.3 Å². The summed E-state index contributed by atoms with van der Waals surface area (Å²) in [7, 11) is 0. The number of para-hydroxylation sites is 1. The maximum absolute atomic E-state index is 14.5.